The highest BCUT2D eigenvalue weighted by Gasteiger charge is 2.22. The van der Waals surface area contributed by atoms with Gasteiger partial charge in [-0.25, -0.2) is 17.9 Å². The average Bonchev–Trinajstić information content (AvgIpc) is 2.74. The van der Waals surface area contributed by atoms with Crippen molar-refractivity contribution in [1.82, 2.24) is 15.4 Å². The van der Waals surface area contributed by atoms with E-state index < -0.39 is 33.7 Å². The molecule has 10 heteroatoms. The van der Waals surface area contributed by atoms with Crippen LogP contribution in [0.5, 0.6) is 5.75 Å². The van der Waals surface area contributed by atoms with E-state index in [-0.39, 0.29) is 19.5 Å². The second kappa shape index (κ2) is 12.4. The number of benzene rings is 2. The molecule has 0 aromatic heterocycles. The van der Waals surface area contributed by atoms with Crippen LogP contribution in [0, 0.1) is 0 Å². The summed E-state index contributed by atoms with van der Waals surface area (Å²) in [5.74, 6) is 0.165. The number of hydrogen-bond acceptors (Lipinski definition) is 6. The molecule has 34 heavy (non-hydrogen) atoms. The van der Waals surface area contributed by atoms with Crippen LogP contribution >= 0.6 is 0 Å². The number of carbonyl (C=O) groups is 2. The number of nitrogens with one attached hydrogen (secondary N) is 3. The molecule has 2 rings (SSSR count). The molecule has 9 nitrogen and oxygen atoms in total. The zero-order valence-corrected chi connectivity index (χ0v) is 20.8. The van der Waals surface area contributed by atoms with E-state index in [1.165, 1.54) is 0 Å². The molecule has 2 aromatic rings. The minimum atomic E-state index is -3.63. The maximum Gasteiger partial charge on any atom is 0.407 e. The van der Waals surface area contributed by atoms with Crippen molar-refractivity contribution in [3.05, 3.63) is 65.7 Å². The zero-order chi connectivity index (χ0) is 25.2. The van der Waals surface area contributed by atoms with E-state index in [1.54, 1.807) is 45.0 Å². The minimum absolute atomic E-state index is 0.117. The Morgan fingerprint density at radius 3 is 2.12 bits per heavy atom. The fraction of sp³-hybridized carbons (Fsp3) is 0.417. The van der Waals surface area contributed by atoms with Crippen LogP contribution in [-0.4, -0.2) is 51.4 Å². The molecule has 0 aliphatic carbocycles. The van der Waals surface area contributed by atoms with Gasteiger partial charge in [0.25, 0.3) is 0 Å². The van der Waals surface area contributed by atoms with Crippen LogP contribution in [0.15, 0.2) is 54.6 Å². The van der Waals surface area contributed by atoms with E-state index >= 15 is 0 Å². The quantitative estimate of drug-likeness (QED) is 0.415. The first-order valence-electron chi connectivity index (χ1n) is 10.9. The van der Waals surface area contributed by atoms with E-state index in [9.17, 15) is 18.0 Å². The topological polar surface area (TPSA) is 123 Å². The molecule has 0 heterocycles. The molecule has 3 N–H and O–H groups in total. The molecule has 1 unspecified atom stereocenters. The van der Waals surface area contributed by atoms with Crippen LogP contribution in [0.4, 0.5) is 4.79 Å². The molecule has 0 fully saturated rings. The van der Waals surface area contributed by atoms with E-state index in [0.717, 1.165) is 17.4 Å². The van der Waals surface area contributed by atoms with Crippen molar-refractivity contribution in [1.29, 1.82) is 0 Å². The molecule has 0 radical (unpaired) electrons. The number of ether oxygens (including phenoxy) is 2. The van der Waals surface area contributed by atoms with Gasteiger partial charge in [0.05, 0.1) is 6.26 Å². The number of rotatable bonds is 11. The normalized spacial score (nSPS) is 12.5. The number of carbonyl (C=O) groups excluding carboxylic acids is 2. The van der Waals surface area contributed by atoms with Crippen molar-refractivity contribution in [2.75, 3.05) is 19.3 Å². The summed E-state index contributed by atoms with van der Waals surface area (Å²) in [6.45, 7) is 5.93. The Balaban J connectivity index is 1.89. The summed E-state index contributed by atoms with van der Waals surface area (Å²) in [5.41, 5.74) is 1.18. The molecule has 0 aliphatic rings. The number of alkyl carbamates (subject to hydrolysis) is 1. The third-order valence-electron chi connectivity index (χ3n) is 4.38. The van der Waals surface area contributed by atoms with Crippen molar-refractivity contribution in [2.45, 2.75) is 45.4 Å². The maximum atomic E-state index is 12.6. The first-order chi connectivity index (χ1) is 15.9. The molecule has 0 aliphatic heterocycles. The van der Waals surface area contributed by atoms with Crippen molar-refractivity contribution in [2.24, 2.45) is 0 Å². The third kappa shape index (κ3) is 11.2. The van der Waals surface area contributed by atoms with Crippen molar-refractivity contribution in [3.63, 3.8) is 0 Å². The summed E-state index contributed by atoms with van der Waals surface area (Å²) in [7, 11) is -3.63. The highest BCUT2D eigenvalue weighted by molar-refractivity contribution is 7.88. The van der Waals surface area contributed by atoms with Crippen molar-refractivity contribution >= 4 is 22.0 Å². The van der Waals surface area contributed by atoms with Gasteiger partial charge in [0.15, 0.2) is 0 Å². The van der Waals surface area contributed by atoms with Gasteiger partial charge in [0, 0.05) is 13.1 Å². The molecule has 186 valence electrons. The van der Waals surface area contributed by atoms with Crippen LogP contribution < -0.4 is 20.1 Å². The van der Waals surface area contributed by atoms with Gasteiger partial charge in [-0.05, 0) is 50.5 Å². The summed E-state index contributed by atoms with van der Waals surface area (Å²) < 4.78 is 36.8. The van der Waals surface area contributed by atoms with Crippen LogP contribution in [0.25, 0.3) is 0 Å². The van der Waals surface area contributed by atoms with Crippen LogP contribution in [0.3, 0.4) is 0 Å². The standard InChI is InChI=1S/C24H33N3O6S/c1-24(2,3)33-23(29)26-15-14-25-22(28)21(27-34(4,30)31)16-18-10-12-20(13-11-18)32-17-19-8-6-5-7-9-19/h5-13,21,27H,14-17H2,1-4H3,(H,25,28)(H,26,29). The highest BCUT2D eigenvalue weighted by Crippen LogP contribution is 2.15. The van der Waals surface area contributed by atoms with E-state index in [4.69, 9.17) is 9.47 Å². The second-order valence-electron chi connectivity index (χ2n) is 8.78. The van der Waals surface area contributed by atoms with Gasteiger partial charge >= 0.3 is 6.09 Å². The second-order valence-corrected chi connectivity index (χ2v) is 10.6. The minimum Gasteiger partial charge on any atom is -0.489 e. The van der Waals surface area contributed by atoms with Crippen LogP contribution in [0.2, 0.25) is 0 Å². The number of hydrogen-bond donors (Lipinski definition) is 3. The van der Waals surface area contributed by atoms with E-state index in [2.05, 4.69) is 15.4 Å². The maximum absolute atomic E-state index is 12.6. The van der Waals surface area contributed by atoms with Gasteiger partial charge in [-0.2, -0.15) is 0 Å². The Labute approximate surface area is 201 Å². The summed E-state index contributed by atoms with van der Waals surface area (Å²) in [5, 5.41) is 5.17. The molecule has 0 saturated carbocycles. The molecular formula is C24H33N3O6S. The summed E-state index contributed by atoms with van der Waals surface area (Å²) in [6, 6.07) is 15.9. The van der Waals surface area contributed by atoms with Gasteiger partial charge < -0.3 is 20.1 Å². The highest BCUT2D eigenvalue weighted by atomic mass is 32.2. The predicted octanol–water partition coefficient (Wildman–Crippen LogP) is 2.37. The third-order valence-corrected chi connectivity index (χ3v) is 5.09. The van der Waals surface area contributed by atoms with Crippen LogP contribution in [-0.2, 0) is 32.6 Å². The molecular weight excluding hydrogens is 458 g/mol. The SMILES string of the molecule is CC(C)(C)OC(=O)NCCNC(=O)C(Cc1ccc(OCc2ccccc2)cc1)NS(C)(=O)=O. The lowest BCUT2D eigenvalue weighted by molar-refractivity contribution is -0.122. The Hall–Kier alpha value is -3.11. The number of amides is 2. The van der Waals surface area contributed by atoms with Crippen molar-refractivity contribution in [3.8, 4) is 5.75 Å². The van der Waals surface area contributed by atoms with Gasteiger partial charge in [-0.3, -0.25) is 4.79 Å². The fourth-order valence-corrected chi connectivity index (χ4v) is 3.64. The lowest BCUT2D eigenvalue weighted by atomic mass is 10.1. The molecule has 0 spiro atoms. The van der Waals surface area contributed by atoms with Gasteiger partial charge in [-0.1, -0.05) is 42.5 Å². The first-order valence-corrected chi connectivity index (χ1v) is 12.8. The molecule has 2 aromatic carbocycles. The molecule has 2 amide bonds. The molecule has 0 bridgehead atoms. The predicted molar refractivity (Wildman–Crippen MR) is 130 cm³/mol. The first kappa shape index (κ1) is 27.1. The lowest BCUT2D eigenvalue weighted by Gasteiger charge is -2.20. The van der Waals surface area contributed by atoms with Crippen LogP contribution in [0.1, 0.15) is 31.9 Å². The van der Waals surface area contributed by atoms with E-state index in [0.29, 0.717) is 12.4 Å². The molecule has 0 saturated heterocycles. The number of sulfonamides is 1. The van der Waals surface area contributed by atoms with Crippen molar-refractivity contribution < 1.29 is 27.5 Å². The Kier molecular flexibility index (Phi) is 9.88. The zero-order valence-electron chi connectivity index (χ0n) is 20.0. The lowest BCUT2D eigenvalue weighted by Crippen LogP contribution is -2.49. The van der Waals surface area contributed by atoms with Gasteiger partial charge in [0.2, 0.25) is 15.9 Å². The average molecular weight is 492 g/mol. The Morgan fingerprint density at radius 2 is 1.53 bits per heavy atom. The molecule has 1 atom stereocenters. The van der Waals surface area contributed by atoms with Gasteiger partial charge in [-0.15, -0.1) is 0 Å². The summed E-state index contributed by atoms with van der Waals surface area (Å²) in [6.07, 6.45) is 0.553. The Bertz CT molecular complexity index is 1030. The summed E-state index contributed by atoms with van der Waals surface area (Å²) >= 11 is 0. The Morgan fingerprint density at radius 1 is 0.912 bits per heavy atom. The summed E-state index contributed by atoms with van der Waals surface area (Å²) in [4.78, 5) is 24.3. The fourth-order valence-electron chi connectivity index (χ4n) is 2.93. The van der Waals surface area contributed by atoms with Gasteiger partial charge in [0.1, 0.15) is 24.0 Å². The van der Waals surface area contributed by atoms with E-state index in [1.807, 2.05) is 30.3 Å². The monoisotopic (exact) mass is 491 g/mol. The largest absolute Gasteiger partial charge is 0.489 e. The smallest absolute Gasteiger partial charge is 0.407 e.